The quantitative estimate of drug-likeness (QED) is 0.402. The van der Waals surface area contributed by atoms with Crippen LogP contribution in [0.25, 0.3) is 11.0 Å². The Balaban J connectivity index is 1.35. The second-order valence-corrected chi connectivity index (χ2v) is 9.49. The van der Waals surface area contributed by atoms with E-state index in [0.29, 0.717) is 36.1 Å². The van der Waals surface area contributed by atoms with Crippen molar-refractivity contribution in [3.8, 4) is 0 Å². The van der Waals surface area contributed by atoms with Crippen LogP contribution in [0.3, 0.4) is 0 Å². The number of aromatic nitrogens is 2. The molecular formula is C23H22N4O3S2. The number of morpholine rings is 1. The first-order valence-corrected chi connectivity index (χ1v) is 12.2. The number of pyridine rings is 1. The molecule has 3 aromatic heterocycles. The summed E-state index contributed by atoms with van der Waals surface area (Å²) in [5, 5.41) is 5.85. The first-order valence-electron chi connectivity index (χ1n) is 10.3. The minimum absolute atomic E-state index is 0.307. The Bertz CT molecular complexity index is 1230. The summed E-state index contributed by atoms with van der Waals surface area (Å²) in [4.78, 5) is 24.3. The summed E-state index contributed by atoms with van der Waals surface area (Å²) in [6.07, 6.45) is 1.78. The lowest BCUT2D eigenvalue weighted by Gasteiger charge is -2.28. The molecule has 0 bridgehead atoms. The number of amides is 1. The van der Waals surface area contributed by atoms with Gasteiger partial charge in [0.15, 0.2) is 5.76 Å². The largest absolute Gasteiger partial charge is 0.451 e. The second-order valence-electron chi connectivity index (χ2n) is 7.40. The van der Waals surface area contributed by atoms with Crippen molar-refractivity contribution in [2.24, 2.45) is 0 Å². The maximum absolute atomic E-state index is 13.1. The number of hydrogen-bond acceptors (Lipinski definition) is 8. The fraction of sp³-hybridized carbons (Fsp3) is 0.261. The van der Waals surface area contributed by atoms with E-state index in [1.807, 2.05) is 48.7 Å². The first kappa shape index (κ1) is 21.0. The zero-order chi connectivity index (χ0) is 21.9. The van der Waals surface area contributed by atoms with Crippen LogP contribution < -0.4 is 10.2 Å². The highest BCUT2D eigenvalue weighted by Gasteiger charge is 2.22. The third-order valence-corrected chi connectivity index (χ3v) is 7.37. The predicted molar refractivity (Wildman–Crippen MR) is 128 cm³/mol. The summed E-state index contributed by atoms with van der Waals surface area (Å²) in [5.74, 6) is 1.09. The third-order valence-electron chi connectivity index (χ3n) is 5.21. The van der Waals surface area contributed by atoms with Crippen LogP contribution in [0.5, 0.6) is 0 Å². The summed E-state index contributed by atoms with van der Waals surface area (Å²) < 4.78 is 12.3. The van der Waals surface area contributed by atoms with Crippen LogP contribution in [-0.2, 0) is 10.5 Å². The van der Waals surface area contributed by atoms with E-state index in [9.17, 15) is 4.79 Å². The van der Waals surface area contributed by atoms with E-state index >= 15 is 0 Å². The number of ether oxygens (including phenoxy) is 1. The van der Waals surface area contributed by atoms with Crippen LogP contribution in [0.2, 0.25) is 0 Å². The highest BCUT2D eigenvalue weighted by atomic mass is 32.2. The number of anilines is 2. The summed E-state index contributed by atoms with van der Waals surface area (Å²) >= 11 is 3.21. The molecule has 1 fully saturated rings. The molecule has 164 valence electrons. The Kier molecular flexibility index (Phi) is 6.11. The Labute approximate surface area is 193 Å². The van der Waals surface area contributed by atoms with Crippen LogP contribution in [0, 0.1) is 6.92 Å². The smallest absolute Gasteiger partial charge is 0.292 e. The van der Waals surface area contributed by atoms with Gasteiger partial charge in [-0.3, -0.25) is 4.79 Å². The van der Waals surface area contributed by atoms with Crippen molar-refractivity contribution in [2.45, 2.75) is 17.0 Å². The number of thiazole rings is 1. The van der Waals surface area contributed by atoms with Crippen molar-refractivity contribution in [1.29, 1.82) is 0 Å². The van der Waals surface area contributed by atoms with Gasteiger partial charge in [0.25, 0.3) is 5.91 Å². The number of para-hydroxylation sites is 1. The monoisotopic (exact) mass is 466 g/mol. The van der Waals surface area contributed by atoms with Gasteiger partial charge in [0, 0.05) is 40.9 Å². The molecule has 4 heterocycles. The van der Waals surface area contributed by atoms with Crippen molar-refractivity contribution >= 4 is 51.5 Å². The highest BCUT2D eigenvalue weighted by molar-refractivity contribution is 8.00. The number of hydrogen-bond donors (Lipinski definition) is 1. The number of nitrogens with one attached hydrogen (secondary N) is 1. The number of thioether (sulfide) groups is 1. The van der Waals surface area contributed by atoms with Gasteiger partial charge < -0.3 is 19.4 Å². The number of fused-ring (bicyclic) bond motifs is 1. The number of carbonyl (C=O) groups is 1. The third kappa shape index (κ3) is 4.50. The zero-order valence-electron chi connectivity index (χ0n) is 17.5. The van der Waals surface area contributed by atoms with E-state index in [1.165, 1.54) is 0 Å². The summed E-state index contributed by atoms with van der Waals surface area (Å²) in [5.41, 5.74) is 3.57. The van der Waals surface area contributed by atoms with Gasteiger partial charge in [-0.25, -0.2) is 9.97 Å². The van der Waals surface area contributed by atoms with Crippen molar-refractivity contribution < 1.29 is 13.9 Å². The molecule has 32 heavy (non-hydrogen) atoms. The van der Waals surface area contributed by atoms with Crippen molar-refractivity contribution in [1.82, 2.24) is 9.97 Å². The molecule has 1 aromatic carbocycles. The highest BCUT2D eigenvalue weighted by Crippen LogP contribution is 2.33. The number of nitrogens with zero attached hydrogens (tertiary/aromatic N) is 3. The predicted octanol–water partition coefficient (Wildman–Crippen LogP) is 4.97. The molecule has 4 aromatic rings. The van der Waals surface area contributed by atoms with Crippen molar-refractivity contribution in [2.75, 3.05) is 36.5 Å². The van der Waals surface area contributed by atoms with Gasteiger partial charge >= 0.3 is 0 Å². The molecule has 0 spiro atoms. The minimum Gasteiger partial charge on any atom is -0.451 e. The molecule has 7 nitrogen and oxygen atoms in total. The Morgan fingerprint density at radius 2 is 2.06 bits per heavy atom. The van der Waals surface area contributed by atoms with Crippen LogP contribution in [0.1, 0.15) is 21.8 Å². The number of furan rings is 1. The van der Waals surface area contributed by atoms with Crippen molar-refractivity contribution in [3.63, 3.8) is 0 Å². The molecule has 1 aliphatic heterocycles. The van der Waals surface area contributed by atoms with E-state index in [1.54, 1.807) is 29.3 Å². The standard InChI is InChI=1S/C23H22N4O3S2/c1-15-13-31-23(25-15)32-14-18-17-4-2-3-5-19(17)30-21(18)22(28)26-20-7-6-16(12-24-20)27-8-10-29-11-9-27/h2-7,12-13H,8-11,14H2,1H3,(H,24,26,28). The SMILES string of the molecule is Cc1csc(SCc2c(C(=O)Nc3ccc(N4CCOCC4)cn3)oc3ccccc23)n1. The zero-order valence-corrected chi connectivity index (χ0v) is 19.2. The fourth-order valence-corrected chi connectivity index (χ4v) is 5.48. The Morgan fingerprint density at radius 1 is 1.22 bits per heavy atom. The first-order chi connectivity index (χ1) is 15.7. The lowest BCUT2D eigenvalue weighted by atomic mass is 10.1. The summed E-state index contributed by atoms with van der Waals surface area (Å²) in [6, 6.07) is 11.5. The van der Waals surface area contributed by atoms with Gasteiger partial charge in [0.2, 0.25) is 0 Å². The molecule has 0 atom stereocenters. The lowest BCUT2D eigenvalue weighted by molar-refractivity contribution is 0.0997. The van der Waals surface area contributed by atoms with E-state index < -0.39 is 0 Å². The number of rotatable bonds is 6. The van der Waals surface area contributed by atoms with Crippen LogP contribution in [-0.4, -0.2) is 42.2 Å². The maximum Gasteiger partial charge on any atom is 0.292 e. The van der Waals surface area contributed by atoms with Gasteiger partial charge in [-0.05, 0) is 25.1 Å². The van der Waals surface area contributed by atoms with Crippen LogP contribution in [0.4, 0.5) is 11.5 Å². The van der Waals surface area contributed by atoms with Crippen molar-refractivity contribution in [3.05, 3.63) is 65.0 Å². The molecular weight excluding hydrogens is 444 g/mol. The fourth-order valence-electron chi connectivity index (χ4n) is 3.60. The summed E-state index contributed by atoms with van der Waals surface area (Å²) in [7, 11) is 0. The molecule has 0 unspecified atom stereocenters. The lowest BCUT2D eigenvalue weighted by Crippen LogP contribution is -2.36. The van der Waals surface area contributed by atoms with E-state index in [0.717, 1.165) is 39.8 Å². The number of benzene rings is 1. The van der Waals surface area contributed by atoms with E-state index in [4.69, 9.17) is 9.15 Å². The Hall–Kier alpha value is -2.88. The molecule has 5 rings (SSSR count). The average molecular weight is 467 g/mol. The molecule has 0 radical (unpaired) electrons. The summed E-state index contributed by atoms with van der Waals surface area (Å²) in [6.45, 7) is 5.08. The number of aryl methyl sites for hydroxylation is 1. The van der Waals surface area contributed by atoms with Crippen LogP contribution in [0.15, 0.2) is 56.7 Å². The molecule has 1 amide bonds. The normalized spacial score (nSPS) is 14.1. The molecule has 1 aliphatic rings. The van der Waals surface area contributed by atoms with Gasteiger partial charge in [0.05, 0.1) is 25.1 Å². The van der Waals surface area contributed by atoms with Crippen LogP contribution >= 0.6 is 23.1 Å². The molecule has 0 saturated carbocycles. The topological polar surface area (TPSA) is 80.5 Å². The average Bonchev–Trinajstić information content (AvgIpc) is 3.42. The molecule has 1 saturated heterocycles. The molecule has 9 heteroatoms. The van der Waals surface area contributed by atoms with Gasteiger partial charge in [-0.15, -0.1) is 11.3 Å². The second kappa shape index (κ2) is 9.32. The van der Waals surface area contributed by atoms with Gasteiger partial charge in [-0.1, -0.05) is 30.0 Å². The van der Waals surface area contributed by atoms with E-state index in [-0.39, 0.29) is 5.91 Å². The maximum atomic E-state index is 13.1. The number of carbonyl (C=O) groups excluding carboxylic acids is 1. The van der Waals surface area contributed by atoms with Gasteiger partial charge in [0.1, 0.15) is 15.7 Å². The van der Waals surface area contributed by atoms with Gasteiger partial charge in [-0.2, -0.15) is 0 Å². The van der Waals surface area contributed by atoms with E-state index in [2.05, 4.69) is 20.2 Å². The molecule has 1 N–H and O–H groups in total. The minimum atomic E-state index is -0.307. The Morgan fingerprint density at radius 3 is 2.81 bits per heavy atom. The molecule has 0 aliphatic carbocycles.